The maximum Gasteiger partial charge on any atom is 0.355 e. The smallest absolute Gasteiger partial charge is 0.355 e. The van der Waals surface area contributed by atoms with Gasteiger partial charge in [-0.2, -0.15) is 5.10 Å². The first kappa shape index (κ1) is 47.2. The third kappa shape index (κ3) is 10.2. The van der Waals surface area contributed by atoms with E-state index in [0.717, 1.165) is 88.6 Å². The number of anilines is 3. The molecule has 16 nitrogen and oxygen atoms in total. The number of carbonyl (C=O) groups excluding carboxylic acids is 4. The Hall–Kier alpha value is -7.50. The summed E-state index contributed by atoms with van der Waals surface area (Å²) in [5, 5.41) is 24.9. The highest BCUT2D eigenvalue weighted by molar-refractivity contribution is 7.22. The Morgan fingerprint density at radius 2 is 1.70 bits per heavy atom. The molecule has 3 aliphatic heterocycles. The number of rotatable bonds is 15. The van der Waals surface area contributed by atoms with Gasteiger partial charge in [0.15, 0.2) is 10.8 Å². The highest BCUT2D eigenvalue weighted by atomic mass is 32.1. The SMILES string of the molecule is Cc1c(OCCCCC2CCN(CC(=O)Nc3ccc4c(C5CCC(=O)NC5=O)nn(C)c4c3)CC2)cccc1-c1ccc(N2CCc3cccc(C(=O)Nc4nc5ccccc5s4)c3C2)nc1C(=O)O. The molecule has 4 amide bonds. The summed E-state index contributed by atoms with van der Waals surface area (Å²) >= 11 is 1.43. The fourth-order valence-corrected chi connectivity index (χ4v) is 11.1. The number of benzene rings is 4. The number of unbranched alkanes of at least 4 members (excludes halogenated alkanes) is 1. The van der Waals surface area contributed by atoms with Gasteiger partial charge >= 0.3 is 5.97 Å². The zero-order chi connectivity index (χ0) is 49.2. The van der Waals surface area contributed by atoms with E-state index in [1.807, 2.05) is 110 Å². The van der Waals surface area contributed by atoms with Crippen molar-refractivity contribution in [2.45, 2.75) is 70.8 Å². The highest BCUT2D eigenvalue weighted by Crippen LogP contribution is 2.36. The maximum absolute atomic E-state index is 13.6. The molecular weight excluding hydrogens is 919 g/mol. The lowest BCUT2D eigenvalue weighted by Gasteiger charge is -2.31. The minimum atomic E-state index is -1.13. The molecule has 3 aliphatic rings. The Labute approximate surface area is 414 Å². The molecule has 1 unspecified atom stereocenters. The van der Waals surface area contributed by atoms with Crippen molar-refractivity contribution < 1.29 is 33.8 Å². The summed E-state index contributed by atoms with van der Waals surface area (Å²) in [6.45, 7) is 5.51. The van der Waals surface area contributed by atoms with Crippen molar-refractivity contribution in [2.24, 2.45) is 13.0 Å². The number of likely N-dealkylation sites (tertiary alicyclic amines) is 1. The number of ether oxygens (including phenoxy) is 1. The first-order valence-electron chi connectivity index (χ1n) is 24.3. The van der Waals surface area contributed by atoms with E-state index in [0.29, 0.717) is 84.2 Å². The molecule has 0 radical (unpaired) electrons. The Balaban J connectivity index is 0.692. The molecule has 6 heterocycles. The number of aromatic nitrogens is 4. The van der Waals surface area contributed by atoms with Crippen molar-refractivity contribution in [1.29, 1.82) is 0 Å². The lowest BCUT2D eigenvalue weighted by molar-refractivity contribution is -0.134. The summed E-state index contributed by atoms with van der Waals surface area (Å²) in [5.41, 5.74) is 7.49. The molecule has 7 aromatic rings. The molecule has 0 aliphatic carbocycles. The predicted octanol–water partition coefficient (Wildman–Crippen LogP) is 8.49. The molecular formula is C54H55N9O7S. The number of carbonyl (C=O) groups is 5. The van der Waals surface area contributed by atoms with Crippen LogP contribution in [0.5, 0.6) is 5.75 Å². The van der Waals surface area contributed by atoms with Crippen molar-refractivity contribution in [3.63, 3.8) is 0 Å². The monoisotopic (exact) mass is 973 g/mol. The molecule has 0 spiro atoms. The summed E-state index contributed by atoms with van der Waals surface area (Å²) < 4.78 is 9.00. The number of imide groups is 1. The van der Waals surface area contributed by atoms with Crippen molar-refractivity contribution in [1.82, 2.24) is 30.0 Å². The molecule has 2 fully saturated rings. The summed E-state index contributed by atoms with van der Waals surface area (Å²) in [4.78, 5) is 77.3. The number of thiazole rings is 1. The molecule has 0 bridgehead atoms. The fraction of sp³-hybridized carbons (Fsp3) is 0.333. The number of nitrogens with zero attached hydrogens (tertiary/aromatic N) is 6. The number of fused-ring (bicyclic) bond motifs is 3. The number of carboxylic acid groups (broad SMARTS) is 1. The van der Waals surface area contributed by atoms with Crippen LogP contribution in [0.25, 0.3) is 32.2 Å². The lowest BCUT2D eigenvalue weighted by Crippen LogP contribution is -2.39. The molecule has 4 N–H and O–H groups in total. The molecule has 3 aromatic heterocycles. The van der Waals surface area contributed by atoms with E-state index >= 15 is 0 Å². The summed E-state index contributed by atoms with van der Waals surface area (Å²) in [6.07, 6.45) is 6.38. The number of para-hydroxylation sites is 1. The largest absolute Gasteiger partial charge is 0.493 e. The third-order valence-corrected chi connectivity index (χ3v) is 15.0. The van der Waals surface area contributed by atoms with E-state index in [4.69, 9.17) is 9.72 Å². The van der Waals surface area contributed by atoms with Crippen LogP contribution in [0.2, 0.25) is 0 Å². The normalized spacial score (nSPS) is 16.5. The van der Waals surface area contributed by atoms with Gasteiger partial charge < -0.3 is 20.1 Å². The molecule has 2 saturated heterocycles. The van der Waals surface area contributed by atoms with E-state index in [-0.39, 0.29) is 35.7 Å². The fourth-order valence-electron chi connectivity index (χ4n) is 10.3. The molecule has 71 heavy (non-hydrogen) atoms. The van der Waals surface area contributed by atoms with Crippen LogP contribution in [-0.2, 0) is 34.4 Å². The van der Waals surface area contributed by atoms with Crippen molar-refractivity contribution in [3.05, 3.63) is 125 Å². The van der Waals surface area contributed by atoms with Crippen molar-refractivity contribution in [2.75, 3.05) is 48.3 Å². The van der Waals surface area contributed by atoms with Crippen LogP contribution in [0.3, 0.4) is 0 Å². The number of hydrogen-bond donors (Lipinski definition) is 4. The maximum atomic E-state index is 13.6. The van der Waals surface area contributed by atoms with Gasteiger partial charge in [-0.15, -0.1) is 0 Å². The topological polar surface area (TPSA) is 201 Å². The van der Waals surface area contributed by atoms with E-state index in [2.05, 4.69) is 30.9 Å². The number of aryl methyl sites for hydroxylation is 1. The van der Waals surface area contributed by atoms with Gasteiger partial charge in [0, 0.05) is 48.8 Å². The second-order valence-electron chi connectivity index (χ2n) is 18.7. The summed E-state index contributed by atoms with van der Waals surface area (Å²) in [6, 6.07) is 28.5. The number of aromatic carboxylic acids is 1. The van der Waals surface area contributed by atoms with E-state index in [9.17, 15) is 29.1 Å². The predicted molar refractivity (Wildman–Crippen MR) is 273 cm³/mol. The average molecular weight is 974 g/mol. The van der Waals surface area contributed by atoms with Gasteiger partial charge in [0.05, 0.1) is 40.5 Å². The lowest BCUT2D eigenvalue weighted by atomic mass is 9.91. The van der Waals surface area contributed by atoms with Crippen LogP contribution in [0, 0.1) is 12.8 Å². The van der Waals surface area contributed by atoms with Crippen LogP contribution < -0.4 is 25.6 Å². The first-order valence-corrected chi connectivity index (χ1v) is 25.1. The molecule has 1 atom stereocenters. The van der Waals surface area contributed by atoms with Gasteiger partial charge in [-0.25, -0.2) is 14.8 Å². The number of carboxylic acids is 1. The van der Waals surface area contributed by atoms with Crippen molar-refractivity contribution >= 4 is 78.7 Å². The van der Waals surface area contributed by atoms with E-state index in [1.54, 1.807) is 4.68 Å². The minimum Gasteiger partial charge on any atom is -0.493 e. The zero-order valence-electron chi connectivity index (χ0n) is 39.7. The average Bonchev–Trinajstić information content (AvgIpc) is 3.93. The van der Waals surface area contributed by atoms with Gasteiger partial charge in [-0.05, 0) is 141 Å². The van der Waals surface area contributed by atoms with Crippen LogP contribution in [0.1, 0.15) is 94.1 Å². The summed E-state index contributed by atoms with van der Waals surface area (Å²) in [7, 11) is 1.81. The number of hydrogen-bond acceptors (Lipinski definition) is 12. The molecule has 10 rings (SSSR count). The second kappa shape index (κ2) is 20.5. The van der Waals surface area contributed by atoms with Crippen LogP contribution in [0.4, 0.5) is 16.6 Å². The number of piperidine rings is 2. The number of pyridine rings is 1. The van der Waals surface area contributed by atoms with Crippen molar-refractivity contribution in [3.8, 4) is 16.9 Å². The van der Waals surface area contributed by atoms with Gasteiger partial charge in [0.25, 0.3) is 5.91 Å². The van der Waals surface area contributed by atoms with Gasteiger partial charge in [0.1, 0.15) is 11.6 Å². The van der Waals surface area contributed by atoms with Gasteiger partial charge in [-0.3, -0.25) is 39.4 Å². The van der Waals surface area contributed by atoms with Gasteiger partial charge in [-0.1, -0.05) is 54.2 Å². The quantitative estimate of drug-likeness (QED) is 0.0565. The standard InChI is InChI=1S/C54H55N9O7S/c1-32-36(37-18-20-46(57-50(37)53(68)69)63-27-24-34-10-7-12-38(41(34)30-63)51(66)59-54-56-42-13-3-4-15-45(42)71-54)11-8-14-44(32)70-28-6-5-9-33-22-25-62(26-23-33)31-48(65)55-35-16-17-39-43(29-35)61(2)60-49(39)40-19-21-47(64)58-52(40)67/h3-4,7-8,10-18,20,29,33,40H,5-6,9,19,21-28,30-31H2,1-2H3,(H,55,65)(H,68,69)(H,56,59,66)(H,58,64,67). The highest BCUT2D eigenvalue weighted by Gasteiger charge is 2.32. The van der Waals surface area contributed by atoms with Gasteiger partial charge in [0.2, 0.25) is 17.7 Å². The zero-order valence-corrected chi connectivity index (χ0v) is 40.5. The third-order valence-electron chi connectivity index (χ3n) is 14.1. The first-order chi connectivity index (χ1) is 34.4. The Morgan fingerprint density at radius 1 is 0.873 bits per heavy atom. The van der Waals surface area contributed by atoms with Crippen LogP contribution >= 0.6 is 11.3 Å². The molecule has 364 valence electrons. The number of nitrogens with one attached hydrogen (secondary N) is 3. The van der Waals surface area contributed by atoms with Crippen LogP contribution in [-0.4, -0.2) is 92.1 Å². The molecule has 4 aromatic carbocycles. The number of amides is 4. The Morgan fingerprint density at radius 3 is 2.52 bits per heavy atom. The van der Waals surface area contributed by atoms with Crippen LogP contribution in [0.15, 0.2) is 91.0 Å². The van der Waals surface area contributed by atoms with E-state index in [1.165, 1.54) is 11.3 Å². The Kier molecular flexibility index (Phi) is 13.6. The Bertz CT molecular complexity index is 3180. The summed E-state index contributed by atoms with van der Waals surface area (Å²) in [5.74, 6) is -0.717. The molecule has 0 saturated carbocycles. The van der Waals surface area contributed by atoms with E-state index < -0.39 is 11.9 Å². The molecule has 17 heteroatoms. The second-order valence-corrected chi connectivity index (χ2v) is 19.7. The minimum absolute atomic E-state index is 0.0480.